The highest BCUT2D eigenvalue weighted by Gasteiger charge is 2.23. The molecule has 1 aliphatic heterocycles. The van der Waals surface area contributed by atoms with Crippen LogP contribution in [0.1, 0.15) is 32.1 Å². The van der Waals surface area contributed by atoms with Gasteiger partial charge in [-0.15, -0.1) is 11.3 Å². The molecular weight excluding hydrogens is 454 g/mol. The molecule has 0 unspecified atom stereocenters. The third-order valence-corrected chi connectivity index (χ3v) is 7.43. The van der Waals surface area contributed by atoms with Crippen molar-refractivity contribution in [1.82, 2.24) is 19.6 Å². The smallest absolute Gasteiger partial charge is 0.340 e. The van der Waals surface area contributed by atoms with Gasteiger partial charge in [0.15, 0.2) is 5.11 Å². The molecule has 0 aliphatic carbocycles. The Hall–Kier alpha value is -2.75. The summed E-state index contributed by atoms with van der Waals surface area (Å²) in [6.45, 7) is 6.51. The van der Waals surface area contributed by atoms with Crippen molar-refractivity contribution in [1.29, 1.82) is 0 Å². The number of anilines is 1. The van der Waals surface area contributed by atoms with Crippen molar-refractivity contribution in [2.75, 3.05) is 38.6 Å². The molecule has 7 nitrogen and oxygen atoms in total. The molecule has 1 aromatic carbocycles. The van der Waals surface area contributed by atoms with Crippen molar-refractivity contribution in [3.8, 4) is 0 Å². The molecule has 0 radical (unpaired) electrons. The lowest BCUT2D eigenvalue weighted by atomic mass is 10.1. The molecule has 0 amide bonds. The number of benzene rings is 1. The normalized spacial score (nSPS) is 14.3. The van der Waals surface area contributed by atoms with Crippen LogP contribution in [0.25, 0.3) is 0 Å². The number of hydrogen-bond donors (Lipinski definition) is 1. The number of hydrogen-bond acceptors (Lipinski definition) is 6. The lowest BCUT2D eigenvalue weighted by Gasteiger charge is -2.36. The van der Waals surface area contributed by atoms with Gasteiger partial charge >= 0.3 is 5.97 Å². The van der Waals surface area contributed by atoms with Gasteiger partial charge in [-0.25, -0.2) is 4.79 Å². The molecule has 9 heteroatoms. The topological polar surface area (TPSA) is 62.6 Å². The van der Waals surface area contributed by atoms with Crippen molar-refractivity contribution in [2.45, 2.75) is 19.9 Å². The van der Waals surface area contributed by atoms with E-state index in [0.717, 1.165) is 49.0 Å². The van der Waals surface area contributed by atoms with Gasteiger partial charge in [0.1, 0.15) is 5.00 Å². The van der Waals surface area contributed by atoms with Crippen LogP contribution in [-0.2, 0) is 24.8 Å². The van der Waals surface area contributed by atoms with Crippen LogP contribution in [-0.4, -0.2) is 64.0 Å². The maximum atomic E-state index is 12.4. The first-order chi connectivity index (χ1) is 15.9. The average Bonchev–Trinajstić information content (AvgIpc) is 3.37. The predicted molar refractivity (Wildman–Crippen MR) is 136 cm³/mol. The minimum atomic E-state index is -0.354. The second-order valence-corrected chi connectivity index (χ2v) is 9.71. The monoisotopic (exact) mass is 483 g/mol. The lowest BCUT2D eigenvalue weighted by molar-refractivity contribution is 0.0602. The fourth-order valence-electron chi connectivity index (χ4n) is 3.91. The van der Waals surface area contributed by atoms with Crippen molar-refractivity contribution in [3.63, 3.8) is 0 Å². The Morgan fingerprint density at radius 3 is 2.58 bits per heavy atom. The quantitative estimate of drug-likeness (QED) is 0.424. The Bertz CT molecular complexity index is 1120. The van der Waals surface area contributed by atoms with Gasteiger partial charge < -0.3 is 15.0 Å². The van der Waals surface area contributed by atoms with Crippen LogP contribution < -0.4 is 5.32 Å². The summed E-state index contributed by atoms with van der Waals surface area (Å²) < 4.78 is 6.92. The second-order valence-electron chi connectivity index (χ2n) is 8.18. The number of nitrogens with zero attached hydrogens (tertiary/aromatic N) is 4. The van der Waals surface area contributed by atoms with Gasteiger partial charge in [0.2, 0.25) is 0 Å². The zero-order chi connectivity index (χ0) is 23.4. The third-order valence-electron chi connectivity index (χ3n) is 6.02. The van der Waals surface area contributed by atoms with E-state index in [1.807, 2.05) is 42.2 Å². The number of carbonyl (C=O) groups excluding carboxylic acids is 1. The van der Waals surface area contributed by atoms with Crippen LogP contribution in [0.5, 0.6) is 0 Å². The summed E-state index contributed by atoms with van der Waals surface area (Å²) >= 11 is 7.26. The largest absolute Gasteiger partial charge is 0.465 e. The van der Waals surface area contributed by atoms with E-state index in [-0.39, 0.29) is 5.97 Å². The van der Waals surface area contributed by atoms with Gasteiger partial charge in [-0.05, 0) is 30.8 Å². The molecule has 0 saturated carbocycles. The molecule has 1 N–H and O–H groups in total. The molecule has 1 fully saturated rings. The maximum Gasteiger partial charge on any atom is 0.340 e. The Balaban J connectivity index is 1.38. The molecule has 0 bridgehead atoms. The minimum absolute atomic E-state index is 0.354. The number of nitrogens with one attached hydrogen (secondary N) is 1. The van der Waals surface area contributed by atoms with Crippen molar-refractivity contribution in [2.24, 2.45) is 7.05 Å². The van der Waals surface area contributed by atoms with E-state index in [0.29, 0.717) is 10.7 Å². The van der Waals surface area contributed by atoms with Gasteiger partial charge in [-0.3, -0.25) is 9.58 Å². The number of aromatic nitrogens is 2. The number of ether oxygens (including phenoxy) is 1. The highest BCUT2D eigenvalue weighted by molar-refractivity contribution is 7.80. The molecule has 33 heavy (non-hydrogen) atoms. The summed E-state index contributed by atoms with van der Waals surface area (Å²) in [7, 11) is 3.38. The Morgan fingerprint density at radius 1 is 1.21 bits per heavy atom. The number of rotatable bonds is 6. The molecule has 4 rings (SSSR count). The molecule has 3 aromatic rings. The van der Waals surface area contributed by atoms with E-state index in [2.05, 4.69) is 39.3 Å². The summed E-state index contributed by atoms with van der Waals surface area (Å²) in [6.07, 6.45) is 2.71. The van der Waals surface area contributed by atoms with E-state index >= 15 is 0 Å². The van der Waals surface area contributed by atoms with Gasteiger partial charge in [0, 0.05) is 62.3 Å². The van der Waals surface area contributed by atoms with E-state index in [1.54, 1.807) is 11.3 Å². The SMILES string of the molecule is COC(=O)c1cc(Cc2ccccc2)sc1NC(=S)N1CCN(Cc2cnn(C)c2C)CC1. The van der Waals surface area contributed by atoms with Gasteiger partial charge in [-0.2, -0.15) is 5.10 Å². The number of esters is 1. The highest BCUT2D eigenvalue weighted by Crippen LogP contribution is 2.31. The molecule has 3 heterocycles. The van der Waals surface area contributed by atoms with Crippen LogP contribution in [0, 0.1) is 6.92 Å². The van der Waals surface area contributed by atoms with Crippen molar-refractivity contribution >= 4 is 39.6 Å². The Labute approximate surface area is 204 Å². The minimum Gasteiger partial charge on any atom is -0.465 e. The summed E-state index contributed by atoms with van der Waals surface area (Å²) in [5.41, 5.74) is 4.19. The zero-order valence-electron chi connectivity index (χ0n) is 19.2. The molecule has 2 aromatic heterocycles. The van der Waals surface area contributed by atoms with Gasteiger partial charge in [0.05, 0.1) is 18.9 Å². The number of carbonyl (C=O) groups is 1. The zero-order valence-corrected chi connectivity index (χ0v) is 20.8. The fourth-order valence-corrected chi connectivity index (χ4v) is 5.33. The van der Waals surface area contributed by atoms with E-state index < -0.39 is 0 Å². The van der Waals surface area contributed by atoms with Crippen LogP contribution in [0.3, 0.4) is 0 Å². The van der Waals surface area contributed by atoms with Crippen molar-refractivity contribution in [3.05, 3.63) is 69.9 Å². The molecule has 1 aliphatic rings. The Kier molecular flexibility index (Phi) is 7.42. The van der Waals surface area contributed by atoms with Crippen molar-refractivity contribution < 1.29 is 9.53 Å². The maximum absolute atomic E-state index is 12.4. The number of piperazine rings is 1. The van der Waals surface area contributed by atoms with Gasteiger partial charge in [0.25, 0.3) is 0 Å². The second kappa shape index (κ2) is 10.5. The predicted octanol–water partition coefficient (Wildman–Crippen LogP) is 3.68. The van der Waals surface area contributed by atoms with Crippen LogP contribution in [0.2, 0.25) is 0 Å². The molecule has 0 spiro atoms. The summed E-state index contributed by atoms with van der Waals surface area (Å²) in [5, 5.41) is 9.05. The van der Waals surface area contributed by atoms with Crippen LogP contribution >= 0.6 is 23.6 Å². The standard InChI is InChI=1S/C24H29N5O2S2/c1-17-19(15-25-27(17)2)16-28-9-11-29(12-10-28)24(32)26-22-21(23(30)31-3)14-20(33-22)13-18-7-5-4-6-8-18/h4-8,14-15H,9-13,16H2,1-3H3,(H,26,32). The molecule has 0 atom stereocenters. The third kappa shape index (κ3) is 5.61. The summed E-state index contributed by atoms with van der Waals surface area (Å²) in [5.74, 6) is -0.354. The summed E-state index contributed by atoms with van der Waals surface area (Å²) in [4.78, 5) is 18.1. The first-order valence-electron chi connectivity index (χ1n) is 11.0. The molecule has 1 saturated heterocycles. The number of thiophene rings is 1. The van der Waals surface area contributed by atoms with Crippen LogP contribution in [0.15, 0.2) is 42.6 Å². The van der Waals surface area contributed by atoms with E-state index in [1.165, 1.54) is 23.9 Å². The number of thiocarbonyl (C=S) groups is 1. The first kappa shape index (κ1) is 23.4. The van der Waals surface area contributed by atoms with Crippen LogP contribution in [0.4, 0.5) is 5.00 Å². The van der Waals surface area contributed by atoms with Gasteiger partial charge in [-0.1, -0.05) is 30.3 Å². The number of aryl methyl sites for hydroxylation is 1. The molecule has 174 valence electrons. The average molecular weight is 484 g/mol. The van der Waals surface area contributed by atoms with E-state index in [4.69, 9.17) is 17.0 Å². The Morgan fingerprint density at radius 2 is 1.94 bits per heavy atom. The lowest BCUT2D eigenvalue weighted by Crippen LogP contribution is -2.49. The summed E-state index contributed by atoms with van der Waals surface area (Å²) in [6, 6.07) is 12.1. The first-order valence-corrected chi connectivity index (χ1v) is 12.2. The number of methoxy groups -OCH3 is 1. The highest BCUT2D eigenvalue weighted by atomic mass is 32.1. The molecular formula is C24H29N5O2S2. The fraction of sp³-hybridized carbons (Fsp3) is 0.375. The van der Waals surface area contributed by atoms with E-state index in [9.17, 15) is 4.79 Å².